The molecule has 1 aliphatic rings. The van der Waals surface area contributed by atoms with E-state index in [0.29, 0.717) is 23.8 Å². The minimum atomic E-state index is -3.46. The summed E-state index contributed by atoms with van der Waals surface area (Å²) in [6.07, 6.45) is 8.61. The molecule has 9 heteroatoms. The van der Waals surface area contributed by atoms with E-state index in [1.54, 1.807) is 45.4 Å². The van der Waals surface area contributed by atoms with Gasteiger partial charge in [0.05, 0.1) is 6.20 Å². The molecule has 0 saturated carbocycles. The lowest BCUT2D eigenvalue weighted by Crippen LogP contribution is -2.43. The molecule has 3 rings (SSSR count). The highest BCUT2D eigenvalue weighted by Crippen LogP contribution is 2.19. The zero-order valence-electron chi connectivity index (χ0n) is 14.5. The van der Waals surface area contributed by atoms with Gasteiger partial charge in [0, 0.05) is 44.5 Å². The summed E-state index contributed by atoms with van der Waals surface area (Å²) in [6.45, 7) is 1.60. The quantitative estimate of drug-likeness (QED) is 0.756. The van der Waals surface area contributed by atoms with Crippen molar-refractivity contribution in [1.82, 2.24) is 19.4 Å². The maximum absolute atomic E-state index is 12.4. The van der Waals surface area contributed by atoms with Crippen molar-refractivity contribution in [3.63, 3.8) is 0 Å². The van der Waals surface area contributed by atoms with Crippen molar-refractivity contribution in [2.75, 3.05) is 19.6 Å². The molecule has 140 valence electrons. The normalized spacial score (nSPS) is 18.5. The van der Waals surface area contributed by atoms with E-state index in [4.69, 9.17) is 0 Å². The van der Waals surface area contributed by atoms with Gasteiger partial charge in [-0.25, -0.2) is 13.1 Å². The first-order valence-corrected chi connectivity index (χ1v) is 10.8. The maximum atomic E-state index is 12.4. The van der Waals surface area contributed by atoms with Crippen LogP contribution in [0.5, 0.6) is 0 Å². The van der Waals surface area contributed by atoms with Gasteiger partial charge in [0.15, 0.2) is 0 Å². The largest absolute Gasteiger partial charge is 0.339 e. The lowest BCUT2D eigenvalue weighted by molar-refractivity contribution is -0.127. The van der Waals surface area contributed by atoms with Crippen LogP contribution in [0.15, 0.2) is 40.2 Å². The number of carbonyl (C=O) groups is 1. The minimum Gasteiger partial charge on any atom is -0.339 e. The van der Waals surface area contributed by atoms with E-state index < -0.39 is 10.0 Å². The number of aryl methyl sites for hydroxylation is 1. The van der Waals surface area contributed by atoms with Crippen LogP contribution in [0.3, 0.4) is 0 Å². The first-order chi connectivity index (χ1) is 12.4. The van der Waals surface area contributed by atoms with Gasteiger partial charge in [-0.15, -0.1) is 11.3 Å². The molecule has 1 amide bonds. The van der Waals surface area contributed by atoms with E-state index in [2.05, 4.69) is 9.82 Å². The minimum absolute atomic E-state index is 0.0559. The molecule has 1 fully saturated rings. The molecule has 2 aromatic heterocycles. The van der Waals surface area contributed by atoms with Crippen LogP contribution in [0, 0.1) is 5.92 Å². The summed E-state index contributed by atoms with van der Waals surface area (Å²) in [7, 11) is -1.63. The van der Waals surface area contributed by atoms with Crippen LogP contribution in [-0.4, -0.2) is 48.6 Å². The van der Waals surface area contributed by atoms with Gasteiger partial charge >= 0.3 is 0 Å². The van der Waals surface area contributed by atoms with Gasteiger partial charge in [-0.05, 0) is 36.3 Å². The van der Waals surface area contributed by atoms with Crippen LogP contribution >= 0.6 is 11.3 Å². The molecule has 0 radical (unpaired) electrons. The third-order valence-electron chi connectivity index (χ3n) is 4.30. The number of hydrogen-bond donors (Lipinski definition) is 1. The fraction of sp³-hybridized carbons (Fsp3) is 0.412. The number of sulfonamides is 1. The van der Waals surface area contributed by atoms with Crippen LogP contribution in [0.2, 0.25) is 0 Å². The van der Waals surface area contributed by atoms with Crippen molar-refractivity contribution in [3.05, 3.63) is 41.5 Å². The monoisotopic (exact) mass is 394 g/mol. The number of hydrogen-bond acceptors (Lipinski definition) is 5. The predicted octanol–water partition coefficient (Wildman–Crippen LogP) is 1.71. The van der Waals surface area contributed by atoms with Gasteiger partial charge in [0.25, 0.3) is 0 Å². The summed E-state index contributed by atoms with van der Waals surface area (Å²) < 4.78 is 29.1. The summed E-state index contributed by atoms with van der Waals surface area (Å²) in [5.74, 6) is 0.0638. The summed E-state index contributed by atoms with van der Waals surface area (Å²) in [5, 5.41) is 5.80. The third kappa shape index (κ3) is 4.80. The summed E-state index contributed by atoms with van der Waals surface area (Å²) in [4.78, 5) is 14.2. The highest BCUT2D eigenvalue weighted by molar-refractivity contribution is 7.91. The molecule has 1 N–H and O–H groups in total. The molecule has 0 bridgehead atoms. The molecule has 0 aliphatic carbocycles. The highest BCUT2D eigenvalue weighted by Gasteiger charge is 2.24. The zero-order valence-corrected chi connectivity index (χ0v) is 16.2. The molecule has 1 aliphatic heterocycles. The molecule has 3 heterocycles. The molecule has 0 spiro atoms. The Morgan fingerprint density at radius 1 is 1.50 bits per heavy atom. The predicted molar refractivity (Wildman–Crippen MR) is 101 cm³/mol. The first kappa shape index (κ1) is 18.8. The van der Waals surface area contributed by atoms with E-state index in [9.17, 15) is 13.2 Å². The van der Waals surface area contributed by atoms with Gasteiger partial charge < -0.3 is 4.90 Å². The van der Waals surface area contributed by atoms with E-state index in [0.717, 1.165) is 18.4 Å². The molecule has 2 aromatic rings. The SMILES string of the molecule is Cn1cc(/C=C/C(=O)N2CCCC(CNS(=O)(=O)c3cccs3)C2)cn1. The lowest BCUT2D eigenvalue weighted by Gasteiger charge is -2.32. The lowest BCUT2D eigenvalue weighted by atomic mass is 9.98. The zero-order chi connectivity index (χ0) is 18.6. The van der Waals surface area contributed by atoms with Crippen LogP contribution in [0.1, 0.15) is 18.4 Å². The number of carbonyl (C=O) groups excluding carboxylic acids is 1. The number of likely N-dealkylation sites (tertiary alicyclic amines) is 1. The number of aromatic nitrogens is 2. The van der Waals surface area contributed by atoms with Crippen molar-refractivity contribution >= 4 is 33.3 Å². The molecule has 1 atom stereocenters. The van der Waals surface area contributed by atoms with Crippen molar-refractivity contribution in [2.45, 2.75) is 17.1 Å². The molecular weight excluding hydrogens is 372 g/mol. The van der Waals surface area contributed by atoms with E-state index in [1.807, 2.05) is 13.2 Å². The number of piperidine rings is 1. The number of nitrogens with zero attached hydrogens (tertiary/aromatic N) is 3. The smallest absolute Gasteiger partial charge is 0.250 e. The average Bonchev–Trinajstić information content (AvgIpc) is 3.30. The number of rotatable bonds is 6. The summed E-state index contributed by atoms with van der Waals surface area (Å²) >= 11 is 1.20. The van der Waals surface area contributed by atoms with Crippen LogP contribution < -0.4 is 4.72 Å². The molecule has 0 aromatic carbocycles. The maximum Gasteiger partial charge on any atom is 0.250 e. The van der Waals surface area contributed by atoms with Crippen molar-refractivity contribution < 1.29 is 13.2 Å². The fourth-order valence-corrected chi connectivity index (χ4v) is 5.10. The first-order valence-electron chi connectivity index (χ1n) is 8.43. The second-order valence-corrected chi connectivity index (χ2v) is 9.30. The van der Waals surface area contributed by atoms with Gasteiger partial charge in [0.2, 0.25) is 15.9 Å². The second kappa shape index (κ2) is 8.15. The van der Waals surface area contributed by atoms with E-state index in [1.165, 1.54) is 11.3 Å². The van der Waals surface area contributed by atoms with Crippen molar-refractivity contribution in [1.29, 1.82) is 0 Å². The molecule has 1 saturated heterocycles. The standard InChI is InChI=1S/C17H22N4O3S2/c1-20-12-15(10-18-20)6-7-16(22)21-8-2-4-14(13-21)11-19-26(23,24)17-5-3-9-25-17/h3,5-7,9-10,12,14,19H,2,4,8,11,13H2,1H3/b7-6+. The Morgan fingerprint density at radius 2 is 2.35 bits per heavy atom. The Bertz CT molecular complexity index is 872. The average molecular weight is 395 g/mol. The van der Waals surface area contributed by atoms with Crippen molar-refractivity contribution in [2.24, 2.45) is 13.0 Å². The Morgan fingerprint density at radius 3 is 3.04 bits per heavy atom. The number of nitrogens with one attached hydrogen (secondary N) is 1. The van der Waals surface area contributed by atoms with Gasteiger partial charge in [-0.1, -0.05) is 6.07 Å². The molecule has 7 nitrogen and oxygen atoms in total. The second-order valence-electron chi connectivity index (χ2n) is 6.36. The number of thiophene rings is 1. The number of amides is 1. The van der Waals surface area contributed by atoms with E-state index >= 15 is 0 Å². The summed E-state index contributed by atoms with van der Waals surface area (Å²) in [6, 6.07) is 3.31. The van der Waals surface area contributed by atoms with Crippen LogP contribution in [0.4, 0.5) is 0 Å². The van der Waals surface area contributed by atoms with Gasteiger partial charge in [-0.3, -0.25) is 9.48 Å². The fourth-order valence-electron chi connectivity index (χ4n) is 2.95. The molecule has 26 heavy (non-hydrogen) atoms. The van der Waals surface area contributed by atoms with Gasteiger partial charge in [0.1, 0.15) is 4.21 Å². The van der Waals surface area contributed by atoms with E-state index in [-0.39, 0.29) is 11.8 Å². The van der Waals surface area contributed by atoms with Crippen LogP contribution in [0.25, 0.3) is 6.08 Å². The Balaban J connectivity index is 1.54. The van der Waals surface area contributed by atoms with Crippen LogP contribution in [-0.2, 0) is 21.9 Å². The van der Waals surface area contributed by atoms with Gasteiger partial charge in [-0.2, -0.15) is 5.10 Å². The highest BCUT2D eigenvalue weighted by atomic mass is 32.2. The molecular formula is C17H22N4O3S2. The Kier molecular flexibility index (Phi) is 5.90. The topological polar surface area (TPSA) is 84.3 Å². The van der Waals surface area contributed by atoms with Crippen molar-refractivity contribution in [3.8, 4) is 0 Å². The third-order valence-corrected chi connectivity index (χ3v) is 7.12. The molecule has 1 unspecified atom stereocenters. The summed E-state index contributed by atoms with van der Waals surface area (Å²) in [5.41, 5.74) is 0.873. The Labute approximate surface area is 157 Å². The Hall–Kier alpha value is -1.97.